The highest BCUT2D eigenvalue weighted by Gasteiger charge is 2.36. The van der Waals surface area contributed by atoms with Gasteiger partial charge in [-0.25, -0.2) is 23.2 Å². The second-order valence-electron chi connectivity index (χ2n) is 10.8. The molecule has 0 saturated carbocycles. The predicted octanol–water partition coefficient (Wildman–Crippen LogP) is 4.06. The number of aromatic nitrogens is 2. The van der Waals surface area contributed by atoms with Crippen LogP contribution in [-0.4, -0.2) is 77.6 Å². The monoisotopic (exact) mass is 581 g/mol. The van der Waals surface area contributed by atoms with Crippen LogP contribution in [0.4, 0.5) is 16.3 Å². The number of amides is 1. The lowest BCUT2D eigenvalue weighted by Crippen LogP contribution is -2.50. The highest BCUT2D eigenvalue weighted by molar-refractivity contribution is 7.91. The molecule has 1 atom stereocenters. The molecule has 1 unspecified atom stereocenters. The number of benzene rings is 1. The summed E-state index contributed by atoms with van der Waals surface area (Å²) < 4.78 is 35.3. The smallest absolute Gasteiger partial charge is 0.410 e. The largest absolute Gasteiger partial charge is 0.478 e. The molecule has 2 aromatic rings. The fraction of sp³-hybridized carbons (Fsp3) is 0.560. The number of aryl methyl sites for hydroxylation is 1. The SMILES string of the molecule is Cc1cc(C2CN(C(=O)OC(C)(C)C)C2)cc([N+](=O)[O-])c1OC(C)c1c(Cl)ncnc1N1CCS(=O)(=O)CC1. The van der Waals surface area contributed by atoms with Gasteiger partial charge in [-0.2, -0.15) is 0 Å². The average molecular weight is 582 g/mol. The van der Waals surface area contributed by atoms with Gasteiger partial charge < -0.3 is 19.3 Å². The number of carbonyl (C=O) groups excluding carboxylic acids is 1. The molecule has 4 rings (SSSR count). The Hall–Kier alpha value is -3.19. The third-order valence-corrected chi connectivity index (χ3v) is 8.55. The molecule has 0 N–H and O–H groups in total. The van der Waals surface area contributed by atoms with Crippen molar-refractivity contribution in [2.24, 2.45) is 0 Å². The first-order valence-electron chi connectivity index (χ1n) is 12.5. The lowest BCUT2D eigenvalue weighted by molar-refractivity contribution is -0.386. The van der Waals surface area contributed by atoms with Crippen molar-refractivity contribution in [2.75, 3.05) is 42.6 Å². The minimum absolute atomic E-state index is 0.0120. The molecule has 2 saturated heterocycles. The second-order valence-corrected chi connectivity index (χ2v) is 13.5. The van der Waals surface area contributed by atoms with E-state index in [1.807, 2.05) is 6.07 Å². The molecule has 12 nitrogen and oxygen atoms in total. The normalized spacial score (nSPS) is 18.3. The zero-order chi connectivity index (χ0) is 28.7. The maximum Gasteiger partial charge on any atom is 0.410 e. The number of ether oxygens (including phenoxy) is 2. The summed E-state index contributed by atoms with van der Waals surface area (Å²) >= 11 is 6.43. The Balaban J connectivity index is 1.56. The van der Waals surface area contributed by atoms with Crippen molar-refractivity contribution in [3.63, 3.8) is 0 Å². The van der Waals surface area contributed by atoms with Crippen LogP contribution >= 0.6 is 11.6 Å². The molecule has 2 aliphatic rings. The number of likely N-dealkylation sites (tertiary alicyclic amines) is 1. The Bertz CT molecular complexity index is 1380. The third-order valence-electron chi connectivity index (χ3n) is 6.64. The number of hydrogen-bond donors (Lipinski definition) is 0. The summed E-state index contributed by atoms with van der Waals surface area (Å²) in [7, 11) is -3.11. The maximum absolute atomic E-state index is 12.3. The van der Waals surface area contributed by atoms with Gasteiger partial charge in [-0.05, 0) is 45.7 Å². The number of hydrogen-bond acceptors (Lipinski definition) is 10. The third kappa shape index (κ3) is 6.52. The van der Waals surface area contributed by atoms with Gasteiger partial charge in [-0.1, -0.05) is 17.7 Å². The highest BCUT2D eigenvalue weighted by atomic mass is 35.5. The number of halogens is 1. The van der Waals surface area contributed by atoms with Gasteiger partial charge in [-0.15, -0.1) is 0 Å². The van der Waals surface area contributed by atoms with Crippen LogP contribution in [-0.2, 0) is 14.6 Å². The van der Waals surface area contributed by atoms with Crippen LogP contribution in [0.1, 0.15) is 56.4 Å². The molecule has 14 heteroatoms. The Morgan fingerprint density at radius 2 is 1.85 bits per heavy atom. The molecule has 3 heterocycles. The van der Waals surface area contributed by atoms with Crippen LogP contribution in [0, 0.1) is 17.0 Å². The van der Waals surface area contributed by atoms with Gasteiger partial charge in [0.1, 0.15) is 29.0 Å². The van der Waals surface area contributed by atoms with Gasteiger partial charge in [0.15, 0.2) is 9.84 Å². The number of nitro benzene ring substituents is 1. The van der Waals surface area contributed by atoms with Crippen LogP contribution in [0.25, 0.3) is 0 Å². The van der Waals surface area contributed by atoms with Crippen LogP contribution in [0.5, 0.6) is 5.75 Å². The number of rotatable bonds is 6. The van der Waals surface area contributed by atoms with E-state index < -0.39 is 32.6 Å². The molecule has 212 valence electrons. The minimum Gasteiger partial charge on any atom is -0.478 e. The van der Waals surface area contributed by atoms with Crippen LogP contribution < -0.4 is 9.64 Å². The number of carbonyl (C=O) groups is 1. The van der Waals surface area contributed by atoms with Gasteiger partial charge in [0.2, 0.25) is 5.75 Å². The van der Waals surface area contributed by atoms with Crippen LogP contribution in [0.3, 0.4) is 0 Å². The Morgan fingerprint density at radius 1 is 1.21 bits per heavy atom. The summed E-state index contributed by atoms with van der Waals surface area (Å²) in [5.41, 5.74) is 0.899. The van der Waals surface area contributed by atoms with E-state index in [0.717, 1.165) is 5.56 Å². The summed E-state index contributed by atoms with van der Waals surface area (Å²) in [6, 6.07) is 3.30. The van der Waals surface area contributed by atoms with Crippen molar-refractivity contribution >= 4 is 39.0 Å². The fourth-order valence-electron chi connectivity index (χ4n) is 4.60. The molecule has 2 fully saturated rings. The summed E-state index contributed by atoms with van der Waals surface area (Å²) in [6.45, 7) is 10.1. The zero-order valence-corrected chi connectivity index (χ0v) is 24.1. The molecule has 0 radical (unpaired) electrons. The van der Waals surface area contributed by atoms with E-state index >= 15 is 0 Å². The molecular weight excluding hydrogens is 550 g/mol. The van der Waals surface area contributed by atoms with E-state index in [1.54, 1.807) is 44.4 Å². The molecular formula is C25H32ClN5O7S. The van der Waals surface area contributed by atoms with Gasteiger partial charge >= 0.3 is 11.8 Å². The van der Waals surface area contributed by atoms with E-state index in [9.17, 15) is 23.3 Å². The van der Waals surface area contributed by atoms with Crippen molar-refractivity contribution in [1.82, 2.24) is 14.9 Å². The van der Waals surface area contributed by atoms with Crippen molar-refractivity contribution < 1.29 is 27.6 Å². The summed E-state index contributed by atoms with van der Waals surface area (Å²) in [6.07, 6.45) is 0.100. The Labute approximate surface area is 232 Å². The zero-order valence-electron chi connectivity index (χ0n) is 22.5. The summed E-state index contributed by atoms with van der Waals surface area (Å²) in [5.74, 6) is 0.432. The Morgan fingerprint density at radius 3 is 2.44 bits per heavy atom. The van der Waals surface area contributed by atoms with Crippen molar-refractivity contribution in [3.8, 4) is 5.75 Å². The lowest BCUT2D eigenvalue weighted by atomic mass is 9.90. The topological polar surface area (TPSA) is 145 Å². The summed E-state index contributed by atoms with van der Waals surface area (Å²) in [4.78, 5) is 35.6. The standard InChI is InChI=1S/C25H32ClN5O7S/c1-15-10-17(18-12-30(13-18)24(32)38-25(3,4)5)11-19(31(33)34)21(15)37-16(2)20-22(26)27-14-28-23(20)29-6-8-39(35,36)9-7-29/h10-11,14,16,18H,6-9,12-13H2,1-5H3. The van der Waals surface area contributed by atoms with Gasteiger partial charge in [0.05, 0.1) is 22.0 Å². The molecule has 1 amide bonds. The molecule has 0 bridgehead atoms. The maximum atomic E-state index is 12.3. The first kappa shape index (κ1) is 28.8. The predicted molar refractivity (Wildman–Crippen MR) is 145 cm³/mol. The van der Waals surface area contributed by atoms with Gasteiger partial charge in [0, 0.05) is 38.2 Å². The van der Waals surface area contributed by atoms with E-state index in [-0.39, 0.29) is 47.1 Å². The summed E-state index contributed by atoms with van der Waals surface area (Å²) in [5, 5.41) is 12.2. The van der Waals surface area contributed by atoms with E-state index in [0.29, 0.717) is 30.0 Å². The first-order chi connectivity index (χ1) is 18.1. The van der Waals surface area contributed by atoms with Crippen LogP contribution in [0.15, 0.2) is 18.5 Å². The molecule has 1 aromatic carbocycles. The van der Waals surface area contributed by atoms with Crippen molar-refractivity contribution in [1.29, 1.82) is 0 Å². The average Bonchev–Trinajstić information content (AvgIpc) is 2.78. The Kier molecular flexibility index (Phi) is 7.95. The van der Waals surface area contributed by atoms with E-state index in [4.69, 9.17) is 21.1 Å². The quantitative estimate of drug-likeness (QED) is 0.278. The highest BCUT2D eigenvalue weighted by Crippen LogP contribution is 2.41. The number of nitrogens with zero attached hydrogens (tertiary/aromatic N) is 5. The molecule has 39 heavy (non-hydrogen) atoms. The van der Waals surface area contributed by atoms with E-state index in [2.05, 4.69) is 9.97 Å². The number of anilines is 1. The number of sulfone groups is 1. The number of nitro groups is 1. The van der Waals surface area contributed by atoms with E-state index in [1.165, 1.54) is 12.4 Å². The van der Waals surface area contributed by atoms with Crippen molar-refractivity contribution in [3.05, 3.63) is 50.4 Å². The second kappa shape index (κ2) is 10.8. The fourth-order valence-corrected chi connectivity index (χ4v) is 6.08. The lowest BCUT2D eigenvalue weighted by Gasteiger charge is -2.40. The molecule has 0 spiro atoms. The molecule has 1 aromatic heterocycles. The van der Waals surface area contributed by atoms with Crippen LogP contribution in [0.2, 0.25) is 5.15 Å². The first-order valence-corrected chi connectivity index (χ1v) is 14.7. The van der Waals surface area contributed by atoms with Crippen molar-refractivity contribution in [2.45, 2.75) is 52.2 Å². The minimum atomic E-state index is -3.11. The van der Waals surface area contributed by atoms with Gasteiger partial charge in [-0.3, -0.25) is 10.1 Å². The van der Waals surface area contributed by atoms with Gasteiger partial charge in [0.25, 0.3) is 0 Å². The molecule has 2 aliphatic heterocycles. The molecule has 0 aliphatic carbocycles.